The quantitative estimate of drug-likeness (QED) is 0.731. The number of carboxylic acid groups (broad SMARTS) is 1. The number of ether oxygens (including phenoxy) is 1. The van der Waals surface area contributed by atoms with Gasteiger partial charge in [0.25, 0.3) is 5.91 Å². The van der Waals surface area contributed by atoms with Crippen molar-refractivity contribution in [1.82, 2.24) is 5.32 Å². The second kappa shape index (κ2) is 7.47. The van der Waals surface area contributed by atoms with Crippen LogP contribution in [0, 0.1) is 9.49 Å². The van der Waals surface area contributed by atoms with Gasteiger partial charge in [0.1, 0.15) is 5.75 Å². The van der Waals surface area contributed by atoms with Gasteiger partial charge in [-0.25, -0.2) is 4.79 Å². The monoisotopic (exact) mass is 391 g/mol. The molecule has 0 heterocycles. The zero-order valence-electron chi connectivity index (χ0n) is 11.6. The Labute approximate surface area is 131 Å². The van der Waals surface area contributed by atoms with Crippen molar-refractivity contribution in [2.24, 2.45) is 5.92 Å². The molecule has 20 heavy (non-hydrogen) atoms. The van der Waals surface area contributed by atoms with E-state index in [1.807, 2.05) is 43.4 Å². The highest BCUT2D eigenvalue weighted by Crippen LogP contribution is 2.22. The maximum Gasteiger partial charge on any atom is 0.335 e. The van der Waals surface area contributed by atoms with E-state index in [2.05, 4.69) is 5.32 Å². The molecule has 1 atom stereocenters. The molecule has 0 aliphatic rings. The lowest BCUT2D eigenvalue weighted by molar-refractivity contribution is -0.124. The van der Waals surface area contributed by atoms with E-state index in [1.54, 1.807) is 6.07 Å². The van der Waals surface area contributed by atoms with Crippen molar-refractivity contribution in [2.45, 2.75) is 26.8 Å². The number of amides is 1. The standard InChI is InChI=1S/C14H18INO4/c1-8(2)9(3)16-13(17)7-20-12-6-10(14(18)19)4-5-11(12)15/h4-6,8-9H,7H2,1-3H3,(H,16,17)(H,18,19). The van der Waals surface area contributed by atoms with Crippen LogP contribution in [0.4, 0.5) is 0 Å². The summed E-state index contributed by atoms with van der Waals surface area (Å²) >= 11 is 2.03. The summed E-state index contributed by atoms with van der Waals surface area (Å²) in [5.74, 6) is -0.501. The lowest BCUT2D eigenvalue weighted by Gasteiger charge is -2.17. The summed E-state index contributed by atoms with van der Waals surface area (Å²) in [7, 11) is 0. The average molecular weight is 391 g/mol. The number of rotatable bonds is 6. The highest BCUT2D eigenvalue weighted by molar-refractivity contribution is 14.1. The molecule has 110 valence electrons. The molecule has 0 aliphatic carbocycles. The first-order chi connectivity index (χ1) is 9.31. The molecule has 1 aromatic carbocycles. The van der Waals surface area contributed by atoms with Gasteiger partial charge in [0.05, 0.1) is 9.13 Å². The Hall–Kier alpha value is -1.31. The topological polar surface area (TPSA) is 75.6 Å². The number of nitrogens with one attached hydrogen (secondary N) is 1. The third kappa shape index (κ3) is 4.99. The van der Waals surface area contributed by atoms with Crippen molar-refractivity contribution >= 4 is 34.5 Å². The molecule has 0 aliphatic heterocycles. The predicted octanol–water partition coefficient (Wildman–Crippen LogP) is 2.53. The number of hydrogen-bond acceptors (Lipinski definition) is 3. The van der Waals surface area contributed by atoms with Gasteiger partial charge in [-0.3, -0.25) is 4.79 Å². The molecule has 1 rings (SSSR count). The van der Waals surface area contributed by atoms with E-state index in [0.29, 0.717) is 11.7 Å². The lowest BCUT2D eigenvalue weighted by atomic mass is 10.1. The summed E-state index contributed by atoms with van der Waals surface area (Å²) in [4.78, 5) is 22.6. The van der Waals surface area contributed by atoms with E-state index < -0.39 is 5.97 Å². The second-order valence-corrected chi connectivity index (χ2v) is 6.00. The zero-order valence-corrected chi connectivity index (χ0v) is 13.8. The highest BCUT2D eigenvalue weighted by Gasteiger charge is 2.13. The number of halogens is 1. The van der Waals surface area contributed by atoms with Gasteiger partial charge in [-0.2, -0.15) is 0 Å². The van der Waals surface area contributed by atoms with E-state index in [-0.39, 0.29) is 24.1 Å². The predicted molar refractivity (Wildman–Crippen MR) is 84.1 cm³/mol. The summed E-state index contributed by atoms with van der Waals surface area (Å²) in [5, 5.41) is 11.7. The summed E-state index contributed by atoms with van der Waals surface area (Å²) < 4.78 is 6.15. The second-order valence-electron chi connectivity index (χ2n) is 4.84. The van der Waals surface area contributed by atoms with Crippen LogP contribution in [0.3, 0.4) is 0 Å². The number of aromatic carboxylic acids is 1. The first kappa shape index (κ1) is 16.7. The van der Waals surface area contributed by atoms with Crippen LogP contribution in [-0.4, -0.2) is 29.6 Å². The maximum atomic E-state index is 11.7. The minimum Gasteiger partial charge on any atom is -0.483 e. The molecular formula is C14H18INO4. The van der Waals surface area contributed by atoms with E-state index >= 15 is 0 Å². The first-order valence-electron chi connectivity index (χ1n) is 6.26. The van der Waals surface area contributed by atoms with E-state index in [9.17, 15) is 9.59 Å². The van der Waals surface area contributed by atoms with Crippen molar-refractivity contribution in [2.75, 3.05) is 6.61 Å². The normalized spacial score (nSPS) is 12.1. The Morgan fingerprint density at radius 1 is 1.35 bits per heavy atom. The number of carbonyl (C=O) groups is 2. The van der Waals surface area contributed by atoms with E-state index in [4.69, 9.17) is 9.84 Å². The molecule has 1 unspecified atom stereocenters. The molecule has 1 amide bonds. The SMILES string of the molecule is CC(C)C(C)NC(=O)COc1cc(C(=O)O)ccc1I. The smallest absolute Gasteiger partial charge is 0.335 e. The fourth-order valence-electron chi connectivity index (χ4n) is 1.35. The minimum absolute atomic E-state index is 0.0653. The third-order valence-electron chi connectivity index (χ3n) is 2.93. The largest absolute Gasteiger partial charge is 0.483 e. The van der Waals surface area contributed by atoms with Gasteiger partial charge >= 0.3 is 5.97 Å². The van der Waals surface area contributed by atoms with Crippen LogP contribution in [-0.2, 0) is 4.79 Å². The maximum absolute atomic E-state index is 11.7. The molecular weight excluding hydrogens is 373 g/mol. The van der Waals surface area contributed by atoms with E-state index in [0.717, 1.165) is 3.57 Å². The Kier molecular flexibility index (Phi) is 6.25. The van der Waals surface area contributed by atoms with Crippen LogP contribution < -0.4 is 10.1 Å². The molecule has 0 fully saturated rings. The molecule has 0 saturated carbocycles. The number of carbonyl (C=O) groups excluding carboxylic acids is 1. The van der Waals surface area contributed by atoms with Gasteiger partial charge in [-0.05, 0) is 53.6 Å². The molecule has 6 heteroatoms. The number of carboxylic acids is 1. The molecule has 0 bridgehead atoms. The molecule has 2 N–H and O–H groups in total. The van der Waals surface area contributed by atoms with Crippen molar-refractivity contribution in [1.29, 1.82) is 0 Å². The molecule has 0 radical (unpaired) electrons. The Morgan fingerprint density at radius 2 is 2.00 bits per heavy atom. The minimum atomic E-state index is -1.02. The molecule has 0 aromatic heterocycles. The van der Waals surface area contributed by atoms with Gasteiger partial charge in [0, 0.05) is 6.04 Å². The van der Waals surface area contributed by atoms with Crippen LogP contribution in [0.15, 0.2) is 18.2 Å². The first-order valence-corrected chi connectivity index (χ1v) is 7.34. The zero-order chi connectivity index (χ0) is 15.3. The number of benzene rings is 1. The van der Waals surface area contributed by atoms with Gasteiger partial charge in [-0.1, -0.05) is 13.8 Å². The van der Waals surface area contributed by atoms with Gasteiger partial charge < -0.3 is 15.2 Å². The number of hydrogen-bond donors (Lipinski definition) is 2. The molecule has 0 spiro atoms. The van der Waals surface area contributed by atoms with Gasteiger partial charge in [-0.15, -0.1) is 0 Å². The van der Waals surface area contributed by atoms with Gasteiger partial charge in [0.15, 0.2) is 6.61 Å². The molecule has 1 aromatic rings. The summed E-state index contributed by atoms with van der Waals surface area (Å²) in [6, 6.07) is 4.63. The Balaban J connectivity index is 2.63. The van der Waals surface area contributed by atoms with Crippen molar-refractivity contribution in [3.05, 3.63) is 27.3 Å². The average Bonchev–Trinajstić information content (AvgIpc) is 2.37. The fourth-order valence-corrected chi connectivity index (χ4v) is 1.84. The van der Waals surface area contributed by atoms with Crippen LogP contribution in [0.25, 0.3) is 0 Å². The fraction of sp³-hybridized carbons (Fsp3) is 0.429. The van der Waals surface area contributed by atoms with Crippen molar-refractivity contribution in [3.63, 3.8) is 0 Å². The van der Waals surface area contributed by atoms with Crippen LogP contribution in [0.1, 0.15) is 31.1 Å². The Morgan fingerprint density at radius 3 is 2.55 bits per heavy atom. The van der Waals surface area contributed by atoms with Crippen LogP contribution in [0.2, 0.25) is 0 Å². The van der Waals surface area contributed by atoms with Crippen molar-refractivity contribution in [3.8, 4) is 5.75 Å². The van der Waals surface area contributed by atoms with Crippen LogP contribution >= 0.6 is 22.6 Å². The Bertz CT molecular complexity index is 502. The third-order valence-corrected chi connectivity index (χ3v) is 3.82. The summed E-state index contributed by atoms with van der Waals surface area (Å²) in [5.41, 5.74) is 0.136. The van der Waals surface area contributed by atoms with Crippen LogP contribution in [0.5, 0.6) is 5.75 Å². The summed E-state index contributed by atoms with van der Waals surface area (Å²) in [6.45, 7) is 5.84. The van der Waals surface area contributed by atoms with Crippen molar-refractivity contribution < 1.29 is 19.4 Å². The summed E-state index contributed by atoms with van der Waals surface area (Å²) in [6.07, 6.45) is 0. The van der Waals surface area contributed by atoms with Gasteiger partial charge in [0.2, 0.25) is 0 Å². The highest BCUT2D eigenvalue weighted by atomic mass is 127. The molecule has 5 nitrogen and oxygen atoms in total. The molecule has 0 saturated heterocycles. The lowest BCUT2D eigenvalue weighted by Crippen LogP contribution is -2.39. The van der Waals surface area contributed by atoms with E-state index in [1.165, 1.54) is 12.1 Å².